The lowest BCUT2D eigenvalue weighted by atomic mass is 10.0. The van der Waals surface area contributed by atoms with E-state index in [1.165, 1.54) is 4.90 Å². The molecule has 0 unspecified atom stereocenters. The molecule has 0 aliphatic carbocycles. The molecule has 1 aromatic heterocycles. The Balaban J connectivity index is 1.47. The standard InChI is InChI=1S/C29H32N4O4S/c1-19-6-13-25(34)23(16-19)26-21(17-32(5)31-26)10-7-20-8-11-22(12-9-20)30-27(35)24-18-38-15-14-33(24)28(36)37-29(2,3)4/h6,8-9,11-13,16-17,24,34H,14-15,18H2,1-5H3,(H,30,35)/t24-/m0/s1. The third kappa shape index (κ3) is 6.69. The number of rotatable bonds is 3. The van der Waals surface area contributed by atoms with Gasteiger partial charge in [0.15, 0.2) is 0 Å². The first-order valence-corrected chi connectivity index (χ1v) is 13.5. The second-order valence-electron chi connectivity index (χ2n) is 10.2. The van der Waals surface area contributed by atoms with Crippen LogP contribution >= 0.6 is 11.8 Å². The van der Waals surface area contributed by atoms with Crippen LogP contribution in [0.5, 0.6) is 5.75 Å². The van der Waals surface area contributed by atoms with Crippen LogP contribution in [0.2, 0.25) is 0 Å². The van der Waals surface area contributed by atoms with E-state index in [0.717, 1.165) is 16.9 Å². The summed E-state index contributed by atoms with van der Waals surface area (Å²) in [5.41, 5.74) is 3.71. The van der Waals surface area contributed by atoms with Gasteiger partial charge < -0.3 is 15.2 Å². The minimum atomic E-state index is -0.628. The number of hydrogen-bond acceptors (Lipinski definition) is 6. The first-order chi connectivity index (χ1) is 18.0. The highest BCUT2D eigenvalue weighted by atomic mass is 32.2. The van der Waals surface area contributed by atoms with Gasteiger partial charge in [-0.1, -0.05) is 23.5 Å². The molecule has 2 heterocycles. The van der Waals surface area contributed by atoms with Gasteiger partial charge >= 0.3 is 6.09 Å². The van der Waals surface area contributed by atoms with Crippen molar-refractivity contribution in [2.75, 3.05) is 23.4 Å². The quantitative estimate of drug-likeness (QED) is 0.471. The maximum absolute atomic E-state index is 13.0. The first-order valence-electron chi connectivity index (χ1n) is 12.3. The monoisotopic (exact) mass is 532 g/mol. The zero-order chi connectivity index (χ0) is 27.4. The van der Waals surface area contributed by atoms with Crippen molar-refractivity contribution in [3.05, 3.63) is 65.4 Å². The molecule has 1 atom stereocenters. The summed E-state index contributed by atoms with van der Waals surface area (Å²) < 4.78 is 7.17. The van der Waals surface area contributed by atoms with Gasteiger partial charge in [-0.3, -0.25) is 14.4 Å². The molecule has 1 saturated heterocycles. The number of phenolic OH excluding ortho intramolecular Hbond substituents is 1. The Morgan fingerprint density at radius 2 is 1.89 bits per heavy atom. The van der Waals surface area contributed by atoms with Gasteiger partial charge in [0.05, 0.1) is 5.56 Å². The molecular weight excluding hydrogens is 500 g/mol. The Bertz CT molecular complexity index is 1400. The summed E-state index contributed by atoms with van der Waals surface area (Å²) in [6.45, 7) is 7.85. The fraction of sp³-hybridized carbons (Fsp3) is 0.345. The third-order valence-corrected chi connectivity index (χ3v) is 6.81. The van der Waals surface area contributed by atoms with Crippen LogP contribution in [0.4, 0.5) is 10.5 Å². The SMILES string of the molecule is Cc1ccc(O)c(-c2nn(C)cc2C#Cc2ccc(NC(=O)[C@@H]3CSCCN3C(=O)OC(C)(C)C)cc2)c1. The predicted molar refractivity (Wildman–Crippen MR) is 150 cm³/mol. The number of phenols is 1. The van der Waals surface area contributed by atoms with Crippen LogP contribution in [0.25, 0.3) is 11.3 Å². The Morgan fingerprint density at radius 3 is 2.61 bits per heavy atom. The van der Waals surface area contributed by atoms with Crippen LogP contribution in [0.15, 0.2) is 48.7 Å². The van der Waals surface area contributed by atoms with Crippen molar-refractivity contribution in [2.45, 2.75) is 39.3 Å². The smallest absolute Gasteiger partial charge is 0.411 e. The molecule has 9 heteroatoms. The summed E-state index contributed by atoms with van der Waals surface area (Å²) in [6, 6.07) is 12.0. The number of anilines is 1. The molecular formula is C29H32N4O4S. The molecule has 1 aliphatic heterocycles. The minimum absolute atomic E-state index is 0.152. The second-order valence-corrected chi connectivity index (χ2v) is 11.3. The maximum atomic E-state index is 13.0. The van der Waals surface area contributed by atoms with E-state index in [1.807, 2.05) is 65.2 Å². The van der Waals surface area contributed by atoms with E-state index in [9.17, 15) is 14.7 Å². The summed E-state index contributed by atoms with van der Waals surface area (Å²) in [6.07, 6.45) is 1.34. The number of hydrogen-bond donors (Lipinski definition) is 2. The van der Waals surface area contributed by atoms with Crippen molar-refractivity contribution in [3.63, 3.8) is 0 Å². The van der Waals surface area contributed by atoms with Gasteiger partial charge in [0.2, 0.25) is 5.91 Å². The fourth-order valence-corrected chi connectivity index (χ4v) is 5.03. The van der Waals surface area contributed by atoms with E-state index in [2.05, 4.69) is 22.3 Å². The molecule has 2 aromatic carbocycles. The van der Waals surface area contributed by atoms with Crippen LogP contribution in [0, 0.1) is 18.8 Å². The molecule has 38 heavy (non-hydrogen) atoms. The number of carbonyl (C=O) groups is 2. The van der Waals surface area contributed by atoms with Gasteiger partial charge in [0, 0.05) is 48.1 Å². The van der Waals surface area contributed by atoms with E-state index in [4.69, 9.17) is 4.74 Å². The largest absolute Gasteiger partial charge is 0.507 e. The summed E-state index contributed by atoms with van der Waals surface area (Å²) >= 11 is 1.64. The highest BCUT2D eigenvalue weighted by molar-refractivity contribution is 7.99. The molecule has 4 rings (SSSR count). The second kappa shape index (κ2) is 11.2. The fourth-order valence-electron chi connectivity index (χ4n) is 3.98. The van der Waals surface area contributed by atoms with Crippen molar-refractivity contribution >= 4 is 29.4 Å². The van der Waals surface area contributed by atoms with E-state index in [1.54, 1.807) is 34.6 Å². The Hall–Kier alpha value is -3.90. The Labute approximate surface area is 227 Å². The van der Waals surface area contributed by atoms with Crippen molar-refractivity contribution in [3.8, 4) is 28.8 Å². The van der Waals surface area contributed by atoms with Crippen molar-refractivity contribution < 1.29 is 19.4 Å². The topological polar surface area (TPSA) is 96.7 Å². The molecule has 0 radical (unpaired) electrons. The number of nitrogens with one attached hydrogen (secondary N) is 1. The Kier molecular flexibility index (Phi) is 8.02. The lowest BCUT2D eigenvalue weighted by Crippen LogP contribution is -2.53. The minimum Gasteiger partial charge on any atom is -0.507 e. The number of aryl methyl sites for hydroxylation is 2. The average Bonchev–Trinajstić information content (AvgIpc) is 3.24. The summed E-state index contributed by atoms with van der Waals surface area (Å²) in [5, 5.41) is 17.7. The van der Waals surface area contributed by atoms with Crippen LogP contribution in [0.1, 0.15) is 37.5 Å². The number of benzene rings is 2. The summed E-state index contributed by atoms with van der Waals surface area (Å²) in [5.74, 6) is 7.46. The van der Waals surface area contributed by atoms with E-state index >= 15 is 0 Å². The molecule has 3 aromatic rings. The van der Waals surface area contributed by atoms with Gasteiger partial charge in [0.25, 0.3) is 0 Å². The average molecular weight is 533 g/mol. The number of ether oxygens (including phenoxy) is 1. The molecule has 8 nitrogen and oxygen atoms in total. The lowest BCUT2D eigenvalue weighted by molar-refractivity contribution is -0.120. The number of nitrogens with zero attached hydrogens (tertiary/aromatic N) is 3. The van der Waals surface area contributed by atoms with Crippen LogP contribution in [-0.2, 0) is 16.6 Å². The van der Waals surface area contributed by atoms with Crippen LogP contribution < -0.4 is 5.32 Å². The molecule has 198 valence electrons. The summed E-state index contributed by atoms with van der Waals surface area (Å²) in [4.78, 5) is 27.2. The number of amides is 2. The van der Waals surface area contributed by atoms with Crippen LogP contribution in [-0.4, -0.2) is 61.5 Å². The van der Waals surface area contributed by atoms with Gasteiger partial charge in [-0.05, 0) is 64.1 Å². The zero-order valence-electron chi connectivity index (χ0n) is 22.2. The van der Waals surface area contributed by atoms with Crippen LogP contribution in [0.3, 0.4) is 0 Å². The maximum Gasteiger partial charge on any atom is 0.411 e. The van der Waals surface area contributed by atoms with Gasteiger partial charge in [-0.15, -0.1) is 0 Å². The van der Waals surface area contributed by atoms with Gasteiger partial charge in [-0.2, -0.15) is 16.9 Å². The molecule has 0 bridgehead atoms. The van der Waals surface area contributed by atoms with Gasteiger partial charge in [-0.25, -0.2) is 4.79 Å². The first kappa shape index (κ1) is 27.1. The number of thioether (sulfide) groups is 1. The van der Waals surface area contributed by atoms with Crippen molar-refractivity contribution in [1.29, 1.82) is 0 Å². The number of aromatic nitrogens is 2. The molecule has 0 spiro atoms. The predicted octanol–water partition coefficient (Wildman–Crippen LogP) is 4.79. The van der Waals surface area contributed by atoms with E-state index < -0.39 is 17.7 Å². The lowest BCUT2D eigenvalue weighted by Gasteiger charge is -2.35. The van der Waals surface area contributed by atoms with E-state index in [0.29, 0.717) is 34.8 Å². The molecule has 2 amide bonds. The Morgan fingerprint density at radius 1 is 1.16 bits per heavy atom. The highest BCUT2D eigenvalue weighted by Gasteiger charge is 2.35. The van der Waals surface area contributed by atoms with E-state index in [-0.39, 0.29) is 11.7 Å². The zero-order valence-corrected chi connectivity index (χ0v) is 23.1. The summed E-state index contributed by atoms with van der Waals surface area (Å²) in [7, 11) is 1.81. The molecule has 1 aliphatic rings. The number of aromatic hydroxyl groups is 1. The number of carbonyl (C=O) groups excluding carboxylic acids is 2. The highest BCUT2D eigenvalue weighted by Crippen LogP contribution is 2.31. The van der Waals surface area contributed by atoms with Gasteiger partial charge in [0.1, 0.15) is 23.1 Å². The third-order valence-electron chi connectivity index (χ3n) is 5.79. The molecule has 0 saturated carbocycles. The molecule has 2 N–H and O–H groups in total. The van der Waals surface area contributed by atoms with Crippen molar-refractivity contribution in [2.24, 2.45) is 7.05 Å². The normalized spacial score (nSPS) is 15.4. The van der Waals surface area contributed by atoms with Crippen molar-refractivity contribution in [1.82, 2.24) is 14.7 Å². The molecule has 1 fully saturated rings.